The number of aromatic nitrogens is 1. The molecule has 0 saturated heterocycles. The summed E-state index contributed by atoms with van der Waals surface area (Å²) in [7, 11) is 2.22. The number of pyridine rings is 1. The number of aryl methyl sites for hydroxylation is 1. The van der Waals surface area contributed by atoms with Crippen molar-refractivity contribution in [2.24, 2.45) is 0 Å². The first-order valence-corrected chi connectivity index (χ1v) is 10.5. The van der Waals surface area contributed by atoms with E-state index in [9.17, 15) is 0 Å². The van der Waals surface area contributed by atoms with Gasteiger partial charge < -0.3 is 16.0 Å². The van der Waals surface area contributed by atoms with Crippen molar-refractivity contribution in [3.05, 3.63) is 29.8 Å². The molecule has 0 aliphatic rings. The number of nitrogens with one attached hydrogen (secondary N) is 1. The van der Waals surface area contributed by atoms with E-state index in [-0.39, 0.29) is 5.54 Å². The van der Waals surface area contributed by atoms with Crippen LogP contribution in [0.4, 0.5) is 11.5 Å². The predicted molar refractivity (Wildman–Crippen MR) is 119 cm³/mol. The molecular formula is C23H38N4. The number of unbranched alkanes of at least 4 members (excludes halogenated alkanes) is 3. The molecule has 0 aliphatic heterocycles. The molecule has 27 heavy (non-hydrogen) atoms. The first-order valence-electron chi connectivity index (χ1n) is 10.5. The van der Waals surface area contributed by atoms with E-state index in [4.69, 9.17) is 5.73 Å². The fourth-order valence-electron chi connectivity index (χ4n) is 3.13. The third-order valence-electron chi connectivity index (χ3n) is 5.36. The second-order valence-electron chi connectivity index (χ2n) is 8.63. The van der Waals surface area contributed by atoms with E-state index >= 15 is 0 Å². The maximum absolute atomic E-state index is 6.10. The van der Waals surface area contributed by atoms with Gasteiger partial charge in [-0.15, -0.1) is 0 Å². The minimum Gasteiger partial charge on any atom is -0.382 e. The van der Waals surface area contributed by atoms with Crippen LogP contribution in [0.3, 0.4) is 0 Å². The number of hydrogen-bond acceptors (Lipinski definition) is 4. The first-order chi connectivity index (χ1) is 12.8. The number of nitrogens with zero attached hydrogens (tertiary/aromatic N) is 2. The normalized spacial score (nSPS) is 12.1. The number of rotatable bonds is 10. The molecule has 0 spiro atoms. The lowest BCUT2D eigenvalue weighted by Gasteiger charge is -2.31. The highest BCUT2D eigenvalue weighted by Gasteiger charge is 2.15. The molecule has 1 aromatic carbocycles. The quantitative estimate of drug-likeness (QED) is 0.544. The maximum Gasteiger partial charge on any atom is 0.147 e. The molecular weight excluding hydrogens is 332 g/mol. The van der Waals surface area contributed by atoms with Gasteiger partial charge in [0.2, 0.25) is 0 Å². The van der Waals surface area contributed by atoms with E-state index in [1.165, 1.54) is 36.6 Å². The summed E-state index contributed by atoms with van der Waals surface area (Å²) >= 11 is 0. The summed E-state index contributed by atoms with van der Waals surface area (Å²) in [6.45, 7) is 11.1. The number of nitrogen functional groups attached to an aromatic ring is 1. The number of hydrogen-bond donors (Lipinski definition) is 2. The SMILES string of the molecule is CCCCNc1cc2cc(CCCCCN(C)C(C)(C)C)ccc2nc1N. The van der Waals surface area contributed by atoms with Crippen LogP contribution in [0.2, 0.25) is 0 Å². The van der Waals surface area contributed by atoms with E-state index in [1.54, 1.807) is 0 Å². The summed E-state index contributed by atoms with van der Waals surface area (Å²) in [6, 6.07) is 8.72. The standard InChI is InChI=1S/C23H38N4/c1-6-7-14-25-21-17-19-16-18(12-13-20(19)26-22(21)24)11-9-8-10-15-27(5)23(2,3)4/h12-13,16-17,25H,6-11,14-15H2,1-5H3,(H2,24,26). The second-order valence-corrected chi connectivity index (χ2v) is 8.63. The summed E-state index contributed by atoms with van der Waals surface area (Å²) in [4.78, 5) is 6.99. The fraction of sp³-hybridized carbons (Fsp3) is 0.609. The Hall–Kier alpha value is -1.81. The molecule has 0 fully saturated rings. The highest BCUT2D eigenvalue weighted by Crippen LogP contribution is 2.24. The predicted octanol–water partition coefficient (Wildman–Crippen LogP) is 5.47. The van der Waals surface area contributed by atoms with Crippen LogP contribution in [-0.4, -0.2) is 35.6 Å². The van der Waals surface area contributed by atoms with E-state index in [0.29, 0.717) is 5.82 Å². The Bertz CT molecular complexity index is 718. The third kappa shape index (κ3) is 6.69. The zero-order valence-electron chi connectivity index (χ0n) is 17.9. The van der Waals surface area contributed by atoms with Crippen LogP contribution in [0.5, 0.6) is 0 Å². The van der Waals surface area contributed by atoms with E-state index < -0.39 is 0 Å². The van der Waals surface area contributed by atoms with Gasteiger partial charge in [0.05, 0.1) is 11.2 Å². The van der Waals surface area contributed by atoms with Crippen molar-refractivity contribution in [1.29, 1.82) is 0 Å². The smallest absolute Gasteiger partial charge is 0.147 e. The van der Waals surface area contributed by atoms with Gasteiger partial charge in [0.1, 0.15) is 5.82 Å². The summed E-state index contributed by atoms with van der Waals surface area (Å²) < 4.78 is 0. The van der Waals surface area contributed by atoms with Crippen molar-refractivity contribution < 1.29 is 0 Å². The van der Waals surface area contributed by atoms with Crippen molar-refractivity contribution in [2.45, 2.75) is 71.8 Å². The molecule has 3 N–H and O–H groups in total. The molecule has 0 amide bonds. The van der Waals surface area contributed by atoms with Gasteiger partial charge in [0.25, 0.3) is 0 Å². The lowest BCUT2D eigenvalue weighted by molar-refractivity contribution is 0.172. The molecule has 1 aromatic heterocycles. The molecule has 0 radical (unpaired) electrons. The van der Waals surface area contributed by atoms with Gasteiger partial charge in [0.15, 0.2) is 0 Å². The largest absolute Gasteiger partial charge is 0.382 e. The number of benzene rings is 1. The summed E-state index contributed by atoms with van der Waals surface area (Å²) in [5, 5.41) is 4.59. The van der Waals surface area contributed by atoms with Gasteiger partial charge in [0, 0.05) is 17.5 Å². The zero-order valence-corrected chi connectivity index (χ0v) is 17.9. The van der Waals surface area contributed by atoms with Gasteiger partial charge in [-0.1, -0.05) is 25.8 Å². The van der Waals surface area contributed by atoms with Gasteiger partial charge >= 0.3 is 0 Å². The Kier molecular flexibility index (Phi) is 7.91. The Balaban J connectivity index is 1.90. The van der Waals surface area contributed by atoms with Crippen molar-refractivity contribution in [2.75, 3.05) is 31.2 Å². The van der Waals surface area contributed by atoms with Gasteiger partial charge in [-0.25, -0.2) is 4.98 Å². The van der Waals surface area contributed by atoms with Crippen LogP contribution in [0.25, 0.3) is 10.9 Å². The highest BCUT2D eigenvalue weighted by atomic mass is 15.1. The number of nitrogens with two attached hydrogens (primary N) is 1. The van der Waals surface area contributed by atoms with Crippen LogP contribution < -0.4 is 11.1 Å². The van der Waals surface area contributed by atoms with Crippen LogP contribution in [0, 0.1) is 0 Å². The van der Waals surface area contributed by atoms with E-state index in [2.05, 4.69) is 74.2 Å². The lowest BCUT2D eigenvalue weighted by atomic mass is 10.0. The Morgan fingerprint density at radius 3 is 2.56 bits per heavy atom. The molecule has 4 nitrogen and oxygen atoms in total. The molecule has 0 unspecified atom stereocenters. The van der Waals surface area contributed by atoms with Crippen molar-refractivity contribution >= 4 is 22.4 Å². The topological polar surface area (TPSA) is 54.2 Å². The highest BCUT2D eigenvalue weighted by molar-refractivity contribution is 5.86. The Morgan fingerprint density at radius 1 is 1.07 bits per heavy atom. The average Bonchev–Trinajstić information content (AvgIpc) is 2.61. The van der Waals surface area contributed by atoms with Crippen molar-refractivity contribution in [3.8, 4) is 0 Å². The zero-order chi connectivity index (χ0) is 19.9. The van der Waals surface area contributed by atoms with Crippen LogP contribution in [-0.2, 0) is 6.42 Å². The molecule has 4 heteroatoms. The van der Waals surface area contributed by atoms with Gasteiger partial charge in [-0.05, 0) is 83.8 Å². The van der Waals surface area contributed by atoms with Crippen molar-refractivity contribution in [1.82, 2.24) is 9.88 Å². The molecule has 0 bridgehead atoms. The molecule has 0 atom stereocenters. The minimum atomic E-state index is 0.260. The van der Waals surface area contributed by atoms with Gasteiger partial charge in [-0.2, -0.15) is 0 Å². The second kappa shape index (κ2) is 9.93. The lowest BCUT2D eigenvalue weighted by Crippen LogP contribution is -2.38. The third-order valence-corrected chi connectivity index (χ3v) is 5.36. The Labute approximate surface area is 165 Å². The number of fused-ring (bicyclic) bond motifs is 1. The maximum atomic E-state index is 6.10. The molecule has 0 aliphatic carbocycles. The van der Waals surface area contributed by atoms with Crippen LogP contribution in [0.1, 0.15) is 65.4 Å². The van der Waals surface area contributed by atoms with Crippen LogP contribution >= 0.6 is 0 Å². The number of anilines is 2. The molecule has 2 aromatic rings. The molecule has 1 heterocycles. The molecule has 150 valence electrons. The van der Waals surface area contributed by atoms with E-state index in [0.717, 1.165) is 37.1 Å². The summed E-state index contributed by atoms with van der Waals surface area (Å²) in [5.74, 6) is 0.592. The molecule has 2 rings (SSSR count). The van der Waals surface area contributed by atoms with Gasteiger partial charge in [-0.3, -0.25) is 0 Å². The summed E-state index contributed by atoms with van der Waals surface area (Å²) in [6.07, 6.45) is 7.18. The van der Waals surface area contributed by atoms with Crippen LogP contribution in [0.15, 0.2) is 24.3 Å². The monoisotopic (exact) mass is 370 g/mol. The minimum absolute atomic E-state index is 0.260. The Morgan fingerprint density at radius 2 is 1.85 bits per heavy atom. The summed E-state index contributed by atoms with van der Waals surface area (Å²) in [5.41, 5.74) is 9.68. The first kappa shape index (κ1) is 21.5. The molecule has 0 saturated carbocycles. The van der Waals surface area contributed by atoms with Crippen molar-refractivity contribution in [3.63, 3.8) is 0 Å². The fourth-order valence-corrected chi connectivity index (χ4v) is 3.13. The average molecular weight is 371 g/mol. The van der Waals surface area contributed by atoms with E-state index in [1.807, 2.05) is 0 Å².